The number of nitrogens with one attached hydrogen (secondary N) is 1. The summed E-state index contributed by atoms with van der Waals surface area (Å²) in [4.78, 5) is 22.5. The summed E-state index contributed by atoms with van der Waals surface area (Å²) in [5.74, 6) is -1.30. The van der Waals surface area contributed by atoms with Crippen LogP contribution in [0.25, 0.3) is 0 Å². The highest BCUT2D eigenvalue weighted by Crippen LogP contribution is 2.24. The van der Waals surface area contributed by atoms with Crippen LogP contribution in [0, 0.1) is 5.82 Å². The minimum atomic E-state index is -1.27. The normalized spacial score (nSPS) is 18.7. The summed E-state index contributed by atoms with van der Waals surface area (Å²) in [7, 11) is 0. The average molecular weight is 269 g/mol. The number of rotatable bonds is 4. The van der Waals surface area contributed by atoms with Gasteiger partial charge >= 0.3 is 5.97 Å². The van der Waals surface area contributed by atoms with Gasteiger partial charge in [0.05, 0.1) is 5.56 Å². The molecule has 0 aromatic heterocycles. The lowest BCUT2D eigenvalue weighted by molar-refractivity contribution is -0.119. The minimum absolute atomic E-state index is 0.0472. The van der Waals surface area contributed by atoms with Crippen LogP contribution in [0.2, 0.25) is 0 Å². The molecule has 1 atom stereocenters. The molecule has 1 aliphatic heterocycles. The summed E-state index contributed by atoms with van der Waals surface area (Å²) in [6.45, 7) is 0. The number of amides is 1. The Bertz CT molecular complexity index is 492. The first-order chi connectivity index (χ1) is 8.56. The van der Waals surface area contributed by atoms with E-state index in [9.17, 15) is 14.0 Å². The highest BCUT2D eigenvalue weighted by atomic mass is 32.2. The van der Waals surface area contributed by atoms with Gasteiger partial charge < -0.3 is 10.4 Å². The van der Waals surface area contributed by atoms with Crippen LogP contribution in [0.4, 0.5) is 4.39 Å². The number of hydrogen-bond acceptors (Lipinski definition) is 3. The number of carboxylic acid groups (broad SMARTS) is 1. The number of halogens is 1. The van der Waals surface area contributed by atoms with Crippen molar-refractivity contribution in [3.63, 3.8) is 0 Å². The molecule has 1 aromatic rings. The maximum absolute atomic E-state index is 13.2. The second-order valence-corrected chi connectivity index (χ2v) is 5.15. The van der Waals surface area contributed by atoms with Gasteiger partial charge in [0.2, 0.25) is 5.91 Å². The third-order valence-electron chi connectivity index (χ3n) is 2.70. The second-order valence-electron chi connectivity index (χ2n) is 4.06. The van der Waals surface area contributed by atoms with Crippen molar-refractivity contribution in [3.8, 4) is 0 Å². The van der Waals surface area contributed by atoms with E-state index in [1.165, 1.54) is 17.8 Å². The van der Waals surface area contributed by atoms with Crippen LogP contribution < -0.4 is 5.32 Å². The molecule has 1 aliphatic rings. The molecular weight excluding hydrogens is 257 g/mol. The van der Waals surface area contributed by atoms with Crippen molar-refractivity contribution in [2.24, 2.45) is 0 Å². The number of benzene rings is 1. The molecule has 2 N–H and O–H groups in total. The maximum atomic E-state index is 13.2. The van der Waals surface area contributed by atoms with Crippen molar-refractivity contribution in [1.29, 1.82) is 0 Å². The van der Waals surface area contributed by atoms with Crippen LogP contribution in [-0.4, -0.2) is 28.8 Å². The first-order valence-corrected chi connectivity index (χ1v) is 6.50. The van der Waals surface area contributed by atoms with E-state index in [1.54, 1.807) is 6.07 Å². The number of carboxylic acids is 1. The molecule has 0 spiro atoms. The van der Waals surface area contributed by atoms with Crippen LogP contribution in [0.3, 0.4) is 0 Å². The molecule has 1 heterocycles. The second kappa shape index (κ2) is 5.39. The first-order valence-electron chi connectivity index (χ1n) is 5.51. The quantitative estimate of drug-likeness (QED) is 0.819. The van der Waals surface area contributed by atoms with Gasteiger partial charge in [0, 0.05) is 23.1 Å². The van der Waals surface area contributed by atoms with Gasteiger partial charge in [0.25, 0.3) is 0 Å². The molecule has 0 radical (unpaired) electrons. The molecule has 18 heavy (non-hydrogen) atoms. The molecule has 0 bridgehead atoms. The fourth-order valence-corrected chi connectivity index (χ4v) is 2.77. The van der Waals surface area contributed by atoms with E-state index in [1.807, 2.05) is 0 Å². The van der Waals surface area contributed by atoms with Gasteiger partial charge in [-0.05, 0) is 24.6 Å². The number of aromatic carboxylic acids is 1. The molecular formula is C12H12FNO3S. The van der Waals surface area contributed by atoms with Crippen molar-refractivity contribution in [1.82, 2.24) is 5.32 Å². The molecule has 0 aliphatic carbocycles. The summed E-state index contributed by atoms with van der Waals surface area (Å²) >= 11 is 1.42. The smallest absolute Gasteiger partial charge is 0.338 e. The summed E-state index contributed by atoms with van der Waals surface area (Å²) in [5, 5.41) is 11.6. The lowest BCUT2D eigenvalue weighted by Crippen LogP contribution is -2.27. The summed E-state index contributed by atoms with van der Waals surface area (Å²) in [6.07, 6.45) is 1.33. The van der Waals surface area contributed by atoms with Gasteiger partial charge in [0.15, 0.2) is 0 Å². The topological polar surface area (TPSA) is 66.4 Å². The third-order valence-corrected chi connectivity index (χ3v) is 3.86. The molecule has 0 saturated carbocycles. The predicted octanol–water partition coefficient (Wildman–Crippen LogP) is 1.89. The predicted molar refractivity (Wildman–Crippen MR) is 65.2 cm³/mol. The Morgan fingerprint density at radius 3 is 2.94 bits per heavy atom. The van der Waals surface area contributed by atoms with Gasteiger partial charge in [-0.15, -0.1) is 11.8 Å². The van der Waals surface area contributed by atoms with Gasteiger partial charge in [0.1, 0.15) is 5.82 Å². The van der Waals surface area contributed by atoms with E-state index in [-0.39, 0.29) is 17.5 Å². The number of carbonyl (C=O) groups excluding carboxylic acids is 1. The molecule has 2 rings (SSSR count). The Hall–Kier alpha value is -1.56. The van der Waals surface area contributed by atoms with E-state index in [4.69, 9.17) is 5.11 Å². The fraction of sp³-hybridized carbons (Fsp3) is 0.333. The Labute approximate surface area is 108 Å². The van der Waals surface area contributed by atoms with Crippen molar-refractivity contribution in [3.05, 3.63) is 29.6 Å². The van der Waals surface area contributed by atoms with E-state index in [0.717, 1.165) is 12.5 Å². The summed E-state index contributed by atoms with van der Waals surface area (Å²) in [6, 6.07) is 4.13. The highest BCUT2D eigenvalue weighted by molar-refractivity contribution is 7.99. The molecule has 96 valence electrons. The van der Waals surface area contributed by atoms with E-state index < -0.39 is 11.8 Å². The van der Waals surface area contributed by atoms with Gasteiger partial charge in [-0.2, -0.15) is 0 Å². The van der Waals surface area contributed by atoms with Crippen molar-refractivity contribution < 1.29 is 19.1 Å². The maximum Gasteiger partial charge on any atom is 0.338 e. The number of carbonyl (C=O) groups is 2. The van der Waals surface area contributed by atoms with Gasteiger partial charge in [-0.25, -0.2) is 9.18 Å². The monoisotopic (exact) mass is 269 g/mol. The van der Waals surface area contributed by atoms with Crippen molar-refractivity contribution in [2.75, 3.05) is 5.75 Å². The van der Waals surface area contributed by atoms with Gasteiger partial charge in [-0.1, -0.05) is 0 Å². The first kappa shape index (κ1) is 12.9. The largest absolute Gasteiger partial charge is 0.478 e. The molecule has 6 heteroatoms. The van der Waals surface area contributed by atoms with Crippen LogP contribution in [0.5, 0.6) is 0 Å². The number of thioether (sulfide) groups is 1. The fourth-order valence-electron chi connectivity index (χ4n) is 1.76. The van der Waals surface area contributed by atoms with E-state index in [2.05, 4.69) is 5.32 Å². The molecule has 1 aromatic carbocycles. The van der Waals surface area contributed by atoms with Crippen LogP contribution in [-0.2, 0) is 4.79 Å². The van der Waals surface area contributed by atoms with Crippen LogP contribution in [0.15, 0.2) is 23.1 Å². The van der Waals surface area contributed by atoms with E-state index >= 15 is 0 Å². The Morgan fingerprint density at radius 1 is 1.56 bits per heavy atom. The zero-order chi connectivity index (χ0) is 13.1. The molecule has 1 fully saturated rings. The number of hydrogen-bond donors (Lipinski definition) is 2. The zero-order valence-electron chi connectivity index (χ0n) is 9.48. The van der Waals surface area contributed by atoms with Crippen LogP contribution >= 0.6 is 11.8 Å². The Kier molecular flexibility index (Phi) is 3.86. The lowest BCUT2D eigenvalue weighted by atomic mass is 10.2. The van der Waals surface area contributed by atoms with Gasteiger partial charge in [-0.3, -0.25) is 4.79 Å². The SMILES string of the molecule is O=C1CCC(CSc2ccc(F)c(C(=O)O)c2)N1. The van der Waals surface area contributed by atoms with Crippen molar-refractivity contribution in [2.45, 2.75) is 23.8 Å². The highest BCUT2D eigenvalue weighted by Gasteiger charge is 2.20. The molecule has 4 nitrogen and oxygen atoms in total. The van der Waals surface area contributed by atoms with E-state index in [0.29, 0.717) is 17.1 Å². The zero-order valence-corrected chi connectivity index (χ0v) is 10.3. The minimum Gasteiger partial charge on any atom is -0.478 e. The summed E-state index contributed by atoms with van der Waals surface area (Å²) in [5.41, 5.74) is -0.324. The molecule has 1 unspecified atom stereocenters. The summed E-state index contributed by atoms with van der Waals surface area (Å²) < 4.78 is 13.2. The standard InChI is InChI=1S/C12H12FNO3S/c13-10-3-2-8(5-9(10)12(16)17)18-6-7-1-4-11(15)14-7/h2-3,5,7H,1,4,6H2,(H,14,15)(H,16,17). The average Bonchev–Trinajstić information content (AvgIpc) is 2.74. The lowest BCUT2D eigenvalue weighted by Gasteiger charge is -2.09. The van der Waals surface area contributed by atoms with Crippen LogP contribution in [0.1, 0.15) is 23.2 Å². The third kappa shape index (κ3) is 3.01. The van der Waals surface area contributed by atoms with Crippen molar-refractivity contribution >= 4 is 23.6 Å². The Balaban J connectivity index is 1.99. The molecule has 1 amide bonds. The molecule has 1 saturated heterocycles. The Morgan fingerprint density at radius 2 is 2.33 bits per heavy atom.